The Labute approximate surface area is 102 Å². The molecule has 0 aliphatic carbocycles. The number of ether oxygens (including phenoxy) is 3. The van der Waals surface area contributed by atoms with E-state index in [-0.39, 0.29) is 12.7 Å². The van der Waals surface area contributed by atoms with E-state index >= 15 is 0 Å². The molecule has 0 aliphatic rings. The molecule has 0 aromatic rings. The van der Waals surface area contributed by atoms with E-state index in [1.54, 1.807) is 6.92 Å². The highest BCUT2D eigenvalue weighted by atomic mass is 16.7. The first kappa shape index (κ1) is 15.7. The molecule has 0 aromatic carbocycles. The summed E-state index contributed by atoms with van der Waals surface area (Å²) in [6.07, 6.45) is 0.365. The van der Waals surface area contributed by atoms with Crippen molar-refractivity contribution in [3.8, 4) is 0 Å². The summed E-state index contributed by atoms with van der Waals surface area (Å²) in [5, 5.41) is 0. The Kier molecular flexibility index (Phi) is 6.61. The predicted molar refractivity (Wildman–Crippen MR) is 62.6 cm³/mol. The van der Waals surface area contributed by atoms with Gasteiger partial charge in [-0.1, -0.05) is 13.8 Å². The van der Waals surface area contributed by atoms with Gasteiger partial charge in [0.05, 0.1) is 12.7 Å². The lowest BCUT2D eigenvalue weighted by Gasteiger charge is -2.24. The smallest absolute Gasteiger partial charge is 0.460 e. The monoisotopic (exact) mass is 246 g/mol. The van der Waals surface area contributed by atoms with Crippen molar-refractivity contribution in [2.24, 2.45) is 0 Å². The summed E-state index contributed by atoms with van der Waals surface area (Å²) in [7, 11) is 0. The minimum atomic E-state index is -1.33. The maximum absolute atomic E-state index is 11.7. The summed E-state index contributed by atoms with van der Waals surface area (Å²) in [6, 6.07) is 0. The number of rotatable bonds is 6. The summed E-state index contributed by atoms with van der Waals surface area (Å²) in [6.45, 7) is 8.78. The van der Waals surface area contributed by atoms with E-state index in [4.69, 9.17) is 14.2 Å². The van der Waals surface area contributed by atoms with Crippen molar-refractivity contribution in [3.05, 3.63) is 0 Å². The molecule has 0 saturated carbocycles. The molecule has 0 aliphatic heterocycles. The van der Waals surface area contributed by atoms with Gasteiger partial charge in [0.1, 0.15) is 0 Å². The predicted octanol–water partition coefficient (Wildman–Crippen LogP) is 2.67. The van der Waals surface area contributed by atoms with Gasteiger partial charge in [-0.3, -0.25) is 0 Å². The Bertz CT molecular complexity index is 260. The molecule has 0 fully saturated rings. The number of hydrogen-bond acceptors (Lipinski definition) is 5. The second-order valence-corrected chi connectivity index (χ2v) is 4.34. The van der Waals surface area contributed by atoms with Gasteiger partial charge in [-0.25, -0.2) is 9.59 Å². The summed E-state index contributed by atoms with van der Waals surface area (Å²) in [5.41, 5.74) is -1.33. The Balaban J connectivity index is 4.25. The molecule has 5 nitrogen and oxygen atoms in total. The normalized spacial score (nSPS) is 12.8. The average molecular weight is 246 g/mol. The molecule has 0 radical (unpaired) electrons. The van der Waals surface area contributed by atoms with E-state index in [1.807, 2.05) is 13.8 Å². The van der Waals surface area contributed by atoms with Crippen LogP contribution in [0.1, 0.15) is 47.5 Å². The van der Waals surface area contributed by atoms with Gasteiger partial charge in [-0.2, -0.15) is 0 Å². The van der Waals surface area contributed by atoms with Gasteiger partial charge >= 0.3 is 12.1 Å². The minimum Gasteiger partial charge on any atom is -0.460 e. The molecule has 0 N–H and O–H groups in total. The molecule has 0 aromatic heterocycles. The van der Waals surface area contributed by atoms with Crippen LogP contribution in [0.2, 0.25) is 0 Å². The van der Waals surface area contributed by atoms with Crippen LogP contribution in [0, 0.1) is 0 Å². The van der Waals surface area contributed by atoms with Crippen LogP contribution in [0.4, 0.5) is 4.79 Å². The summed E-state index contributed by atoms with van der Waals surface area (Å²) in [4.78, 5) is 22.9. The van der Waals surface area contributed by atoms with Crippen molar-refractivity contribution in [2.75, 3.05) is 6.61 Å². The molecule has 0 heterocycles. The highest BCUT2D eigenvalue weighted by Gasteiger charge is 2.35. The molecule has 0 spiro atoms. The fourth-order valence-electron chi connectivity index (χ4n) is 0.873. The first-order valence-electron chi connectivity index (χ1n) is 5.90. The topological polar surface area (TPSA) is 61.8 Å². The summed E-state index contributed by atoms with van der Waals surface area (Å²) < 4.78 is 14.7. The third-order valence-electron chi connectivity index (χ3n) is 2.14. The largest absolute Gasteiger partial charge is 0.509 e. The van der Waals surface area contributed by atoms with Crippen LogP contribution in [0.5, 0.6) is 0 Å². The first-order valence-corrected chi connectivity index (χ1v) is 5.90. The van der Waals surface area contributed by atoms with Crippen molar-refractivity contribution in [2.45, 2.75) is 59.2 Å². The lowest BCUT2D eigenvalue weighted by Crippen LogP contribution is -2.40. The van der Waals surface area contributed by atoms with Gasteiger partial charge in [0.2, 0.25) is 5.60 Å². The number of carbonyl (C=O) groups excluding carboxylic acids is 2. The van der Waals surface area contributed by atoms with Crippen LogP contribution in [0.15, 0.2) is 0 Å². The molecule has 17 heavy (non-hydrogen) atoms. The first-order chi connectivity index (χ1) is 7.83. The number of esters is 1. The number of hydrogen-bond donors (Lipinski definition) is 0. The second kappa shape index (κ2) is 7.14. The Hall–Kier alpha value is -1.26. The Morgan fingerprint density at radius 3 is 2.29 bits per heavy atom. The van der Waals surface area contributed by atoms with E-state index in [0.717, 1.165) is 0 Å². The van der Waals surface area contributed by atoms with Gasteiger partial charge in [0.15, 0.2) is 0 Å². The molecule has 0 bridgehead atoms. The zero-order chi connectivity index (χ0) is 13.5. The van der Waals surface area contributed by atoms with Gasteiger partial charge in [0, 0.05) is 0 Å². The molecule has 5 heteroatoms. The lowest BCUT2D eigenvalue weighted by molar-refractivity contribution is -0.169. The second-order valence-electron chi connectivity index (χ2n) is 4.34. The molecule has 1 unspecified atom stereocenters. The number of carbonyl (C=O) groups is 2. The van der Waals surface area contributed by atoms with Crippen molar-refractivity contribution >= 4 is 12.1 Å². The zero-order valence-corrected chi connectivity index (χ0v) is 11.2. The fraction of sp³-hybridized carbons (Fsp3) is 0.833. The standard InChI is InChI=1S/C12H22O5/c1-6-8-15-11(14)17-12(4,5)10(13)16-9(3)7-2/h9H,6-8H2,1-5H3. The SMILES string of the molecule is CCCOC(=O)OC(C)(C)C(=O)OC(C)CC. The highest BCUT2D eigenvalue weighted by Crippen LogP contribution is 2.15. The fourth-order valence-corrected chi connectivity index (χ4v) is 0.873. The van der Waals surface area contributed by atoms with Crippen molar-refractivity contribution in [1.82, 2.24) is 0 Å². The molecule has 0 rings (SSSR count). The van der Waals surface area contributed by atoms with Gasteiger partial charge in [-0.05, 0) is 33.6 Å². The van der Waals surface area contributed by atoms with E-state index in [2.05, 4.69) is 0 Å². The molecule has 0 amide bonds. The van der Waals surface area contributed by atoms with E-state index in [0.29, 0.717) is 12.8 Å². The molecule has 1 atom stereocenters. The van der Waals surface area contributed by atoms with Crippen molar-refractivity contribution in [1.29, 1.82) is 0 Å². The van der Waals surface area contributed by atoms with Gasteiger partial charge in [-0.15, -0.1) is 0 Å². The van der Waals surface area contributed by atoms with Gasteiger partial charge in [0.25, 0.3) is 0 Å². The highest BCUT2D eigenvalue weighted by molar-refractivity contribution is 5.81. The van der Waals surface area contributed by atoms with Crippen molar-refractivity contribution < 1.29 is 23.8 Å². The third kappa shape index (κ3) is 6.14. The van der Waals surface area contributed by atoms with Crippen LogP contribution in [-0.4, -0.2) is 30.4 Å². The van der Waals surface area contributed by atoms with Crippen LogP contribution in [0.3, 0.4) is 0 Å². The molecular formula is C12H22O5. The van der Waals surface area contributed by atoms with E-state index in [1.165, 1.54) is 13.8 Å². The maximum atomic E-state index is 11.7. The quantitative estimate of drug-likeness (QED) is 0.674. The third-order valence-corrected chi connectivity index (χ3v) is 2.14. The van der Waals surface area contributed by atoms with Crippen molar-refractivity contribution in [3.63, 3.8) is 0 Å². The van der Waals surface area contributed by atoms with Crippen LogP contribution < -0.4 is 0 Å². The van der Waals surface area contributed by atoms with Gasteiger partial charge < -0.3 is 14.2 Å². The maximum Gasteiger partial charge on any atom is 0.509 e. The van der Waals surface area contributed by atoms with E-state index in [9.17, 15) is 9.59 Å². The molecule has 0 saturated heterocycles. The minimum absolute atomic E-state index is 0.197. The summed E-state index contributed by atoms with van der Waals surface area (Å²) >= 11 is 0. The molecular weight excluding hydrogens is 224 g/mol. The van der Waals surface area contributed by atoms with E-state index < -0.39 is 17.7 Å². The lowest BCUT2D eigenvalue weighted by atomic mass is 10.1. The molecule has 100 valence electrons. The average Bonchev–Trinajstić information content (AvgIpc) is 2.25. The Morgan fingerprint density at radius 2 is 1.82 bits per heavy atom. The van der Waals surface area contributed by atoms with Crippen LogP contribution in [0.25, 0.3) is 0 Å². The van der Waals surface area contributed by atoms with Crippen LogP contribution >= 0.6 is 0 Å². The zero-order valence-electron chi connectivity index (χ0n) is 11.2. The van der Waals surface area contributed by atoms with Crippen LogP contribution in [-0.2, 0) is 19.0 Å². The Morgan fingerprint density at radius 1 is 1.24 bits per heavy atom. The summed E-state index contributed by atoms with van der Waals surface area (Å²) in [5.74, 6) is -0.569.